The van der Waals surface area contributed by atoms with Crippen LogP contribution in [0.15, 0.2) is 28.1 Å². The third kappa shape index (κ3) is 3.64. The van der Waals surface area contributed by atoms with E-state index in [1.54, 1.807) is 0 Å². The standard InChI is InChI=1S/C15H17F3N2OS/c1-9(2)14-15(20(8-16)13(19-14)3-4-21)22-12-6-10(17)5-11(18)7-12/h5-7,9,21H,3-4,8H2,1-2H3. The van der Waals surface area contributed by atoms with E-state index in [1.807, 2.05) is 13.8 Å². The highest BCUT2D eigenvalue weighted by molar-refractivity contribution is 7.99. The zero-order chi connectivity index (χ0) is 16.3. The van der Waals surface area contributed by atoms with Crippen molar-refractivity contribution in [3.63, 3.8) is 0 Å². The number of hydrogen-bond donors (Lipinski definition) is 1. The van der Waals surface area contributed by atoms with Crippen LogP contribution in [0.5, 0.6) is 0 Å². The summed E-state index contributed by atoms with van der Waals surface area (Å²) in [5.74, 6) is -0.926. The van der Waals surface area contributed by atoms with Crippen molar-refractivity contribution >= 4 is 11.8 Å². The van der Waals surface area contributed by atoms with Gasteiger partial charge in [0.15, 0.2) is 6.80 Å². The fraction of sp³-hybridized carbons (Fsp3) is 0.400. The Bertz CT molecular complexity index is 638. The fourth-order valence-corrected chi connectivity index (χ4v) is 3.32. The molecule has 2 aromatic rings. The van der Waals surface area contributed by atoms with Crippen LogP contribution in [0.2, 0.25) is 0 Å². The number of nitrogens with zero attached hydrogens (tertiary/aromatic N) is 2. The first-order chi connectivity index (χ1) is 10.5. The molecule has 1 aromatic carbocycles. The van der Waals surface area contributed by atoms with Crippen LogP contribution < -0.4 is 0 Å². The predicted molar refractivity (Wildman–Crippen MR) is 78.7 cm³/mol. The van der Waals surface area contributed by atoms with Gasteiger partial charge in [-0.1, -0.05) is 25.6 Å². The number of aliphatic hydroxyl groups is 1. The van der Waals surface area contributed by atoms with Crippen LogP contribution in [0.25, 0.3) is 0 Å². The maximum atomic E-state index is 13.4. The first-order valence-corrected chi connectivity index (χ1v) is 7.68. The molecule has 0 aliphatic carbocycles. The number of benzene rings is 1. The predicted octanol–water partition coefficient (Wildman–Crippen LogP) is 3.90. The number of halogens is 3. The number of hydrogen-bond acceptors (Lipinski definition) is 3. The highest BCUT2D eigenvalue weighted by atomic mass is 32.2. The highest BCUT2D eigenvalue weighted by Crippen LogP contribution is 2.35. The largest absolute Gasteiger partial charge is 0.396 e. The van der Waals surface area contributed by atoms with Gasteiger partial charge in [0.05, 0.1) is 12.3 Å². The molecule has 1 aromatic heterocycles. The van der Waals surface area contributed by atoms with E-state index in [9.17, 15) is 13.2 Å². The third-order valence-electron chi connectivity index (χ3n) is 3.08. The molecule has 1 heterocycles. The van der Waals surface area contributed by atoms with Gasteiger partial charge >= 0.3 is 0 Å². The maximum Gasteiger partial charge on any atom is 0.167 e. The lowest BCUT2D eigenvalue weighted by molar-refractivity contribution is 0.286. The van der Waals surface area contributed by atoms with Crippen molar-refractivity contribution in [3.8, 4) is 0 Å². The van der Waals surface area contributed by atoms with Crippen molar-refractivity contribution in [2.75, 3.05) is 6.61 Å². The number of imidazole rings is 1. The van der Waals surface area contributed by atoms with Crippen molar-refractivity contribution in [2.45, 2.75) is 42.9 Å². The van der Waals surface area contributed by atoms with Gasteiger partial charge < -0.3 is 5.11 Å². The summed E-state index contributed by atoms with van der Waals surface area (Å²) >= 11 is 1.07. The van der Waals surface area contributed by atoms with E-state index in [4.69, 9.17) is 5.11 Å². The van der Waals surface area contributed by atoms with Crippen molar-refractivity contribution in [2.24, 2.45) is 0 Å². The summed E-state index contributed by atoms with van der Waals surface area (Å²) in [5, 5.41) is 9.56. The van der Waals surface area contributed by atoms with Crippen molar-refractivity contribution < 1.29 is 18.3 Å². The highest BCUT2D eigenvalue weighted by Gasteiger charge is 2.20. The smallest absolute Gasteiger partial charge is 0.167 e. The summed E-state index contributed by atoms with van der Waals surface area (Å²) in [5.41, 5.74) is 0.649. The normalized spacial score (nSPS) is 11.4. The number of rotatable bonds is 6. The molecule has 0 aliphatic heterocycles. The van der Waals surface area contributed by atoms with Gasteiger partial charge in [0.1, 0.15) is 22.5 Å². The molecule has 0 aliphatic rings. The van der Waals surface area contributed by atoms with E-state index in [0.717, 1.165) is 17.8 Å². The van der Waals surface area contributed by atoms with Crippen LogP contribution in [0.3, 0.4) is 0 Å². The fourth-order valence-electron chi connectivity index (χ4n) is 2.10. The summed E-state index contributed by atoms with van der Waals surface area (Å²) in [7, 11) is 0. The Morgan fingerprint density at radius 2 is 1.86 bits per heavy atom. The van der Waals surface area contributed by atoms with E-state index in [2.05, 4.69) is 4.98 Å². The zero-order valence-electron chi connectivity index (χ0n) is 12.3. The summed E-state index contributed by atoms with van der Waals surface area (Å²) in [4.78, 5) is 4.70. The Morgan fingerprint density at radius 3 is 2.36 bits per heavy atom. The molecule has 3 nitrogen and oxygen atoms in total. The SMILES string of the molecule is CC(C)c1nc(CCO)n(CF)c1Sc1cc(F)cc(F)c1. The Morgan fingerprint density at radius 1 is 1.23 bits per heavy atom. The lowest BCUT2D eigenvalue weighted by Crippen LogP contribution is -2.04. The molecule has 0 saturated carbocycles. The summed E-state index contributed by atoms with van der Waals surface area (Å²) in [6.07, 6.45) is 0.224. The molecule has 2 rings (SSSR count). The van der Waals surface area contributed by atoms with E-state index >= 15 is 0 Å². The topological polar surface area (TPSA) is 38.1 Å². The monoisotopic (exact) mass is 330 g/mol. The Kier molecular flexibility index (Phi) is 5.52. The van der Waals surface area contributed by atoms with E-state index < -0.39 is 18.4 Å². The molecule has 0 bridgehead atoms. The lowest BCUT2D eigenvalue weighted by Gasteiger charge is -2.10. The van der Waals surface area contributed by atoms with E-state index in [0.29, 0.717) is 21.4 Å². The van der Waals surface area contributed by atoms with Crippen LogP contribution in [0.4, 0.5) is 13.2 Å². The molecule has 0 spiro atoms. The molecule has 22 heavy (non-hydrogen) atoms. The van der Waals surface area contributed by atoms with E-state index in [-0.39, 0.29) is 18.9 Å². The molecule has 0 radical (unpaired) electrons. The molecule has 0 fully saturated rings. The number of aromatic nitrogens is 2. The Hall–Kier alpha value is -1.47. The van der Waals surface area contributed by atoms with Gasteiger partial charge in [-0.05, 0) is 18.1 Å². The molecule has 0 saturated heterocycles. The van der Waals surface area contributed by atoms with Gasteiger partial charge in [-0.2, -0.15) is 0 Å². The molecule has 0 atom stereocenters. The second-order valence-electron chi connectivity index (χ2n) is 5.10. The van der Waals surface area contributed by atoms with E-state index in [1.165, 1.54) is 16.7 Å². The molecule has 7 heteroatoms. The average molecular weight is 330 g/mol. The van der Waals surface area contributed by atoms with Crippen LogP contribution in [-0.2, 0) is 13.2 Å². The number of aliphatic hydroxyl groups excluding tert-OH is 1. The Labute approximate surface area is 131 Å². The van der Waals surface area contributed by atoms with Gasteiger partial charge in [0, 0.05) is 17.4 Å². The minimum absolute atomic E-state index is 0.0196. The maximum absolute atomic E-state index is 13.4. The number of alkyl halides is 1. The minimum atomic E-state index is -0.810. The quantitative estimate of drug-likeness (QED) is 0.873. The van der Waals surface area contributed by atoms with Crippen molar-refractivity contribution in [1.29, 1.82) is 0 Å². The first kappa shape index (κ1) is 16.9. The zero-order valence-corrected chi connectivity index (χ0v) is 13.1. The molecular formula is C15H17F3N2OS. The molecule has 0 unspecified atom stereocenters. The lowest BCUT2D eigenvalue weighted by atomic mass is 10.1. The molecular weight excluding hydrogens is 313 g/mol. The molecule has 0 amide bonds. The second-order valence-corrected chi connectivity index (χ2v) is 6.16. The van der Waals surface area contributed by atoms with Gasteiger partial charge in [-0.25, -0.2) is 18.2 Å². The van der Waals surface area contributed by atoms with Crippen LogP contribution in [-0.4, -0.2) is 21.3 Å². The van der Waals surface area contributed by atoms with Crippen LogP contribution in [0, 0.1) is 11.6 Å². The summed E-state index contributed by atoms with van der Waals surface area (Å²) in [6.45, 7) is 2.86. The third-order valence-corrected chi connectivity index (χ3v) is 4.17. The summed E-state index contributed by atoms with van der Waals surface area (Å²) < 4.78 is 41.4. The first-order valence-electron chi connectivity index (χ1n) is 6.86. The van der Waals surface area contributed by atoms with Crippen LogP contribution in [0.1, 0.15) is 31.3 Å². The van der Waals surface area contributed by atoms with Crippen molar-refractivity contribution in [1.82, 2.24) is 9.55 Å². The molecule has 1 N–H and O–H groups in total. The van der Waals surface area contributed by atoms with Gasteiger partial charge in [-0.3, -0.25) is 4.57 Å². The van der Waals surface area contributed by atoms with Gasteiger partial charge in [0.25, 0.3) is 0 Å². The summed E-state index contributed by atoms with van der Waals surface area (Å²) in [6, 6.07) is 3.18. The Balaban J connectivity index is 2.47. The minimum Gasteiger partial charge on any atom is -0.396 e. The van der Waals surface area contributed by atoms with Crippen LogP contribution >= 0.6 is 11.8 Å². The van der Waals surface area contributed by atoms with Gasteiger partial charge in [-0.15, -0.1) is 0 Å². The van der Waals surface area contributed by atoms with Gasteiger partial charge in [0.2, 0.25) is 0 Å². The average Bonchev–Trinajstić information content (AvgIpc) is 2.76. The second kappa shape index (κ2) is 7.19. The molecule has 120 valence electrons. The van der Waals surface area contributed by atoms with Crippen molar-refractivity contribution in [3.05, 3.63) is 41.4 Å².